The predicted octanol–water partition coefficient (Wildman–Crippen LogP) is 4.54. The summed E-state index contributed by atoms with van der Waals surface area (Å²) < 4.78 is 18.7. The van der Waals surface area contributed by atoms with Gasteiger partial charge in [-0.1, -0.05) is 35.3 Å². The Morgan fingerprint density at radius 2 is 1.90 bits per heavy atom. The van der Waals surface area contributed by atoms with Gasteiger partial charge in [-0.25, -0.2) is 4.39 Å². The average molecular weight is 328 g/mol. The lowest BCUT2D eigenvalue weighted by atomic mass is 10.3. The molecule has 110 valence electrons. The fourth-order valence-corrected chi connectivity index (χ4v) is 1.90. The molecule has 0 bridgehead atoms. The number of benzene rings is 2. The maximum Gasteiger partial charge on any atom is 0.265 e. The Morgan fingerprint density at radius 3 is 2.57 bits per heavy atom. The number of halogens is 3. The molecule has 0 radical (unpaired) electrons. The highest BCUT2D eigenvalue weighted by Gasteiger charge is 2.16. The van der Waals surface area contributed by atoms with Crippen LogP contribution in [0, 0.1) is 5.82 Å². The number of hydrogen-bond donors (Lipinski definition) is 1. The van der Waals surface area contributed by atoms with Crippen molar-refractivity contribution in [1.29, 1.82) is 0 Å². The number of carbonyl (C=O) groups is 1. The highest BCUT2D eigenvalue weighted by Crippen LogP contribution is 2.25. The van der Waals surface area contributed by atoms with Crippen LogP contribution < -0.4 is 10.1 Å². The molecule has 1 unspecified atom stereocenters. The van der Waals surface area contributed by atoms with E-state index >= 15 is 0 Å². The van der Waals surface area contributed by atoms with Gasteiger partial charge in [0, 0.05) is 5.69 Å². The van der Waals surface area contributed by atoms with Crippen LogP contribution in [0.5, 0.6) is 5.75 Å². The third-order valence-corrected chi connectivity index (χ3v) is 3.44. The average Bonchev–Trinajstić information content (AvgIpc) is 2.45. The molecule has 2 rings (SSSR count). The van der Waals surface area contributed by atoms with Crippen LogP contribution >= 0.6 is 23.2 Å². The van der Waals surface area contributed by atoms with Crippen LogP contribution in [0.4, 0.5) is 10.1 Å². The molecule has 0 spiro atoms. The Morgan fingerprint density at radius 1 is 1.19 bits per heavy atom. The summed E-state index contributed by atoms with van der Waals surface area (Å²) in [5.74, 6) is -0.919. The molecule has 3 nitrogen and oxygen atoms in total. The van der Waals surface area contributed by atoms with Crippen molar-refractivity contribution >= 4 is 34.8 Å². The summed E-state index contributed by atoms with van der Waals surface area (Å²) in [6.07, 6.45) is -0.864. The third-order valence-electron chi connectivity index (χ3n) is 2.70. The SMILES string of the molecule is CC(Oc1ccccc1F)C(=O)Nc1ccc(Cl)c(Cl)c1. The zero-order valence-corrected chi connectivity index (χ0v) is 12.6. The van der Waals surface area contributed by atoms with Gasteiger partial charge >= 0.3 is 0 Å². The number of ether oxygens (including phenoxy) is 1. The van der Waals surface area contributed by atoms with Crippen LogP contribution in [0.2, 0.25) is 10.0 Å². The third kappa shape index (κ3) is 4.09. The first-order chi connectivity index (χ1) is 9.97. The number of nitrogens with one attached hydrogen (secondary N) is 1. The van der Waals surface area contributed by atoms with Gasteiger partial charge in [-0.2, -0.15) is 0 Å². The van der Waals surface area contributed by atoms with Gasteiger partial charge in [0.1, 0.15) is 0 Å². The quantitative estimate of drug-likeness (QED) is 0.895. The van der Waals surface area contributed by atoms with Gasteiger partial charge in [-0.3, -0.25) is 4.79 Å². The molecule has 0 saturated carbocycles. The normalized spacial score (nSPS) is 11.8. The summed E-state index contributed by atoms with van der Waals surface area (Å²) in [5.41, 5.74) is 0.485. The van der Waals surface area contributed by atoms with Gasteiger partial charge in [0.15, 0.2) is 17.7 Å². The molecule has 1 atom stereocenters. The van der Waals surface area contributed by atoms with Crippen LogP contribution in [0.25, 0.3) is 0 Å². The van der Waals surface area contributed by atoms with Crippen molar-refractivity contribution in [3.63, 3.8) is 0 Å². The molecule has 0 aromatic heterocycles. The fourth-order valence-electron chi connectivity index (χ4n) is 1.60. The molecule has 2 aromatic carbocycles. The molecule has 0 fully saturated rings. The van der Waals surface area contributed by atoms with Crippen molar-refractivity contribution in [1.82, 2.24) is 0 Å². The minimum atomic E-state index is -0.864. The summed E-state index contributed by atoms with van der Waals surface area (Å²) in [6, 6.07) is 10.6. The van der Waals surface area contributed by atoms with Gasteiger partial charge in [0.25, 0.3) is 5.91 Å². The molecular weight excluding hydrogens is 316 g/mol. The predicted molar refractivity (Wildman–Crippen MR) is 81.6 cm³/mol. The zero-order valence-electron chi connectivity index (χ0n) is 11.1. The number of rotatable bonds is 4. The fraction of sp³-hybridized carbons (Fsp3) is 0.133. The van der Waals surface area contributed by atoms with Gasteiger partial charge in [0.2, 0.25) is 0 Å². The molecule has 0 aliphatic carbocycles. The summed E-state index contributed by atoms with van der Waals surface area (Å²) in [7, 11) is 0. The molecular formula is C15H12Cl2FNO2. The van der Waals surface area contributed by atoms with Crippen molar-refractivity contribution in [2.24, 2.45) is 0 Å². The van der Waals surface area contributed by atoms with Crippen molar-refractivity contribution in [3.8, 4) is 5.75 Å². The molecule has 1 amide bonds. The van der Waals surface area contributed by atoms with E-state index in [0.29, 0.717) is 15.7 Å². The first-order valence-electron chi connectivity index (χ1n) is 6.14. The summed E-state index contributed by atoms with van der Waals surface area (Å²) in [4.78, 5) is 12.0. The maximum atomic E-state index is 13.4. The van der Waals surface area contributed by atoms with E-state index in [9.17, 15) is 9.18 Å². The molecule has 1 N–H and O–H groups in total. The lowest BCUT2D eigenvalue weighted by molar-refractivity contribution is -0.122. The highest BCUT2D eigenvalue weighted by atomic mass is 35.5. The van der Waals surface area contributed by atoms with Crippen molar-refractivity contribution in [2.45, 2.75) is 13.0 Å². The van der Waals surface area contributed by atoms with Crippen molar-refractivity contribution in [3.05, 3.63) is 58.3 Å². The van der Waals surface area contributed by atoms with E-state index in [1.54, 1.807) is 24.3 Å². The van der Waals surface area contributed by atoms with Gasteiger partial charge < -0.3 is 10.1 Å². The number of carbonyl (C=O) groups excluding carboxylic acids is 1. The van der Waals surface area contributed by atoms with E-state index in [4.69, 9.17) is 27.9 Å². The van der Waals surface area contributed by atoms with Gasteiger partial charge in [0.05, 0.1) is 10.0 Å². The number of anilines is 1. The molecule has 2 aromatic rings. The Bertz CT molecular complexity index is 664. The Balaban J connectivity index is 2.02. The van der Waals surface area contributed by atoms with E-state index in [0.717, 1.165) is 0 Å². The monoisotopic (exact) mass is 327 g/mol. The lowest BCUT2D eigenvalue weighted by Crippen LogP contribution is -2.30. The second kappa shape index (κ2) is 6.78. The smallest absolute Gasteiger partial charge is 0.265 e. The van der Waals surface area contributed by atoms with Gasteiger partial charge in [-0.15, -0.1) is 0 Å². The van der Waals surface area contributed by atoms with Crippen LogP contribution in [0.1, 0.15) is 6.92 Å². The van der Waals surface area contributed by atoms with E-state index < -0.39 is 17.8 Å². The summed E-state index contributed by atoms with van der Waals surface area (Å²) >= 11 is 11.7. The molecule has 0 aliphatic heterocycles. The molecule has 0 saturated heterocycles. The standard InChI is InChI=1S/C15H12Cl2FNO2/c1-9(21-14-5-3-2-4-13(14)18)15(20)19-10-6-7-11(16)12(17)8-10/h2-9H,1H3,(H,19,20). The zero-order chi connectivity index (χ0) is 15.4. The van der Waals surface area contributed by atoms with Crippen LogP contribution in [-0.2, 0) is 4.79 Å². The number of hydrogen-bond acceptors (Lipinski definition) is 2. The second-order valence-corrected chi connectivity index (χ2v) is 5.12. The second-order valence-electron chi connectivity index (χ2n) is 4.31. The number of amides is 1. The van der Waals surface area contributed by atoms with E-state index in [-0.39, 0.29) is 5.75 Å². The molecule has 6 heteroatoms. The largest absolute Gasteiger partial charge is 0.478 e. The number of para-hydroxylation sites is 1. The van der Waals surface area contributed by atoms with E-state index in [1.165, 1.54) is 25.1 Å². The Labute approximate surface area is 131 Å². The lowest BCUT2D eigenvalue weighted by Gasteiger charge is -2.15. The van der Waals surface area contributed by atoms with E-state index in [2.05, 4.69) is 5.32 Å². The van der Waals surface area contributed by atoms with Crippen LogP contribution in [-0.4, -0.2) is 12.0 Å². The van der Waals surface area contributed by atoms with Crippen molar-refractivity contribution < 1.29 is 13.9 Å². The molecule has 21 heavy (non-hydrogen) atoms. The van der Waals surface area contributed by atoms with Gasteiger partial charge in [-0.05, 0) is 37.3 Å². The summed E-state index contributed by atoms with van der Waals surface area (Å²) in [6.45, 7) is 1.53. The Hall–Kier alpha value is -1.78. The molecule has 0 heterocycles. The first kappa shape index (κ1) is 15.6. The Kier molecular flexibility index (Phi) is 5.04. The first-order valence-corrected chi connectivity index (χ1v) is 6.90. The van der Waals surface area contributed by atoms with E-state index in [1.807, 2.05) is 0 Å². The highest BCUT2D eigenvalue weighted by molar-refractivity contribution is 6.42. The topological polar surface area (TPSA) is 38.3 Å². The van der Waals surface area contributed by atoms with Crippen molar-refractivity contribution in [2.75, 3.05) is 5.32 Å². The minimum Gasteiger partial charge on any atom is -0.478 e. The maximum absolute atomic E-state index is 13.4. The minimum absolute atomic E-state index is 0.0225. The van der Waals surface area contributed by atoms with Crippen LogP contribution in [0.3, 0.4) is 0 Å². The molecule has 0 aliphatic rings. The van der Waals surface area contributed by atoms with Crippen LogP contribution in [0.15, 0.2) is 42.5 Å². The summed E-state index contributed by atoms with van der Waals surface area (Å²) in [5, 5.41) is 3.34.